The van der Waals surface area contributed by atoms with E-state index in [1.54, 1.807) is 18.2 Å². The molecule has 0 atom stereocenters. The molecule has 0 saturated carbocycles. The van der Waals surface area contributed by atoms with Gasteiger partial charge in [-0.1, -0.05) is 6.92 Å². The van der Waals surface area contributed by atoms with Gasteiger partial charge in [0, 0.05) is 17.3 Å². The van der Waals surface area contributed by atoms with Crippen LogP contribution in [0.1, 0.15) is 13.3 Å². The normalized spacial score (nSPS) is 12.0. The summed E-state index contributed by atoms with van der Waals surface area (Å²) in [5.41, 5.74) is 0.544. The van der Waals surface area contributed by atoms with Crippen LogP contribution in [0.15, 0.2) is 47.6 Å². The van der Waals surface area contributed by atoms with E-state index in [-0.39, 0.29) is 27.9 Å². The van der Waals surface area contributed by atoms with Crippen molar-refractivity contribution >= 4 is 43.8 Å². The average Bonchev–Trinajstić information content (AvgIpc) is 2.78. The number of fused-ring (bicyclic) bond motifs is 1. The molecular weight excluding hydrogens is 483 g/mol. The van der Waals surface area contributed by atoms with Crippen LogP contribution in [0, 0.1) is 0 Å². The molecular formula is C21H21ClF3N3O4S. The summed E-state index contributed by atoms with van der Waals surface area (Å²) < 4.78 is 73.2. The second-order valence-electron chi connectivity index (χ2n) is 6.88. The number of alkyl halides is 4. The number of rotatable bonds is 10. The lowest BCUT2D eigenvalue weighted by Crippen LogP contribution is -2.19. The fourth-order valence-electron chi connectivity index (χ4n) is 2.85. The van der Waals surface area contributed by atoms with Gasteiger partial charge in [-0.3, -0.25) is 0 Å². The molecule has 2 aromatic carbocycles. The molecule has 0 amide bonds. The molecule has 1 aromatic heterocycles. The van der Waals surface area contributed by atoms with Gasteiger partial charge in [0.1, 0.15) is 23.6 Å². The molecule has 0 aliphatic carbocycles. The fourth-order valence-corrected chi connectivity index (χ4v) is 3.87. The predicted molar refractivity (Wildman–Crippen MR) is 119 cm³/mol. The van der Waals surface area contributed by atoms with Crippen molar-refractivity contribution in [3.05, 3.63) is 42.7 Å². The Morgan fingerprint density at radius 3 is 2.58 bits per heavy atom. The number of ether oxygens (including phenoxy) is 2. The third-order valence-electron chi connectivity index (χ3n) is 4.49. The Kier molecular flexibility index (Phi) is 7.85. The van der Waals surface area contributed by atoms with Crippen LogP contribution in [-0.2, 0) is 9.84 Å². The van der Waals surface area contributed by atoms with E-state index < -0.39 is 22.6 Å². The highest BCUT2D eigenvalue weighted by Gasteiger charge is 2.29. The molecule has 0 aliphatic rings. The molecule has 0 radical (unpaired) electrons. The van der Waals surface area contributed by atoms with Gasteiger partial charge in [-0.15, -0.1) is 11.6 Å². The molecule has 1 heterocycles. The first kappa shape index (κ1) is 24.8. The number of sulfone groups is 1. The van der Waals surface area contributed by atoms with Crippen LogP contribution >= 0.6 is 11.6 Å². The van der Waals surface area contributed by atoms with E-state index in [1.807, 2.05) is 0 Å². The first-order valence-corrected chi connectivity index (χ1v) is 12.1. The highest BCUT2D eigenvalue weighted by atomic mass is 35.5. The van der Waals surface area contributed by atoms with Crippen molar-refractivity contribution in [3.63, 3.8) is 0 Å². The Balaban J connectivity index is 1.98. The van der Waals surface area contributed by atoms with Crippen LogP contribution in [0.3, 0.4) is 0 Å². The maximum Gasteiger partial charge on any atom is 0.422 e. The zero-order chi connectivity index (χ0) is 24.1. The van der Waals surface area contributed by atoms with Crippen molar-refractivity contribution in [3.8, 4) is 11.5 Å². The molecule has 0 aliphatic heterocycles. The molecule has 0 fully saturated rings. The second-order valence-corrected chi connectivity index (χ2v) is 9.54. The maximum atomic E-state index is 12.7. The lowest BCUT2D eigenvalue weighted by molar-refractivity contribution is -0.153. The number of aromatic nitrogens is 2. The van der Waals surface area contributed by atoms with Crippen molar-refractivity contribution in [2.24, 2.45) is 0 Å². The smallest absolute Gasteiger partial charge is 0.422 e. The van der Waals surface area contributed by atoms with Crippen LogP contribution in [0.25, 0.3) is 10.9 Å². The van der Waals surface area contributed by atoms with E-state index in [0.29, 0.717) is 35.6 Å². The van der Waals surface area contributed by atoms with E-state index in [0.717, 1.165) is 0 Å². The fraction of sp³-hybridized carbons (Fsp3) is 0.333. The number of benzene rings is 2. The molecule has 178 valence electrons. The lowest BCUT2D eigenvalue weighted by atomic mass is 10.2. The standard InChI is InChI=1S/C21H21ClF3N3O4S/c1-2-33(29,30)15-5-7-19(32-12-21(23,24)25)18(11-15)28-20-16-6-4-14(31-9-3-8-22)10-17(16)26-13-27-20/h4-7,10-11,13H,2-3,8-9,12H2,1H3,(H,26,27,28). The van der Waals surface area contributed by atoms with E-state index in [9.17, 15) is 21.6 Å². The quantitative estimate of drug-likeness (QED) is 0.303. The van der Waals surface area contributed by atoms with Crippen LogP contribution in [0.4, 0.5) is 24.7 Å². The lowest BCUT2D eigenvalue weighted by Gasteiger charge is -2.16. The van der Waals surface area contributed by atoms with Crippen molar-refractivity contribution in [2.45, 2.75) is 24.4 Å². The molecule has 12 heteroatoms. The maximum absolute atomic E-state index is 12.7. The Bertz CT molecular complexity index is 1220. The SMILES string of the molecule is CCS(=O)(=O)c1ccc(OCC(F)(F)F)c(Nc2ncnc3cc(OCCCCl)ccc23)c1. The molecule has 33 heavy (non-hydrogen) atoms. The zero-order valence-corrected chi connectivity index (χ0v) is 19.1. The minimum absolute atomic E-state index is 0.0243. The topological polar surface area (TPSA) is 90.4 Å². The zero-order valence-electron chi connectivity index (χ0n) is 17.5. The third kappa shape index (κ3) is 6.61. The Morgan fingerprint density at radius 2 is 1.88 bits per heavy atom. The summed E-state index contributed by atoms with van der Waals surface area (Å²) in [6, 6.07) is 8.69. The molecule has 3 rings (SSSR count). The van der Waals surface area contributed by atoms with Gasteiger partial charge in [-0.2, -0.15) is 13.2 Å². The van der Waals surface area contributed by atoms with Gasteiger partial charge in [0.15, 0.2) is 16.4 Å². The summed E-state index contributed by atoms with van der Waals surface area (Å²) in [4.78, 5) is 8.31. The van der Waals surface area contributed by atoms with Crippen molar-refractivity contribution < 1.29 is 31.1 Å². The van der Waals surface area contributed by atoms with Gasteiger partial charge < -0.3 is 14.8 Å². The van der Waals surface area contributed by atoms with Gasteiger partial charge in [-0.05, 0) is 36.8 Å². The van der Waals surface area contributed by atoms with Gasteiger partial charge in [0.05, 0.1) is 28.5 Å². The summed E-state index contributed by atoms with van der Waals surface area (Å²) in [6.07, 6.45) is -2.61. The molecule has 0 saturated heterocycles. The Labute approximate surface area is 193 Å². The van der Waals surface area contributed by atoms with Crippen molar-refractivity contribution in [1.82, 2.24) is 9.97 Å². The van der Waals surface area contributed by atoms with E-state index in [1.165, 1.54) is 31.5 Å². The molecule has 3 aromatic rings. The first-order chi connectivity index (χ1) is 15.6. The van der Waals surface area contributed by atoms with Gasteiger partial charge in [-0.25, -0.2) is 18.4 Å². The molecule has 0 unspecified atom stereocenters. The van der Waals surface area contributed by atoms with Crippen LogP contribution < -0.4 is 14.8 Å². The summed E-state index contributed by atoms with van der Waals surface area (Å²) in [6.45, 7) is 0.375. The number of halogens is 4. The minimum atomic E-state index is -4.56. The third-order valence-corrected chi connectivity index (χ3v) is 6.49. The van der Waals surface area contributed by atoms with E-state index >= 15 is 0 Å². The molecule has 1 N–H and O–H groups in total. The van der Waals surface area contributed by atoms with Crippen LogP contribution in [0.2, 0.25) is 0 Å². The number of hydrogen-bond donors (Lipinski definition) is 1. The number of nitrogens with zero attached hydrogens (tertiary/aromatic N) is 2. The van der Waals surface area contributed by atoms with E-state index in [2.05, 4.69) is 15.3 Å². The molecule has 7 nitrogen and oxygen atoms in total. The van der Waals surface area contributed by atoms with Gasteiger partial charge >= 0.3 is 6.18 Å². The second kappa shape index (κ2) is 10.4. The van der Waals surface area contributed by atoms with Crippen molar-refractivity contribution in [2.75, 3.05) is 30.2 Å². The van der Waals surface area contributed by atoms with Gasteiger partial charge in [0.25, 0.3) is 0 Å². The Morgan fingerprint density at radius 1 is 1.09 bits per heavy atom. The van der Waals surface area contributed by atoms with Crippen molar-refractivity contribution in [1.29, 1.82) is 0 Å². The average molecular weight is 504 g/mol. The Hall–Kier alpha value is -2.79. The highest BCUT2D eigenvalue weighted by molar-refractivity contribution is 7.91. The molecule has 0 spiro atoms. The number of nitrogens with one attached hydrogen (secondary N) is 1. The summed E-state index contributed by atoms with van der Waals surface area (Å²) in [5, 5.41) is 3.44. The summed E-state index contributed by atoms with van der Waals surface area (Å²) in [7, 11) is -3.61. The minimum Gasteiger partial charge on any atom is -0.493 e. The first-order valence-electron chi connectivity index (χ1n) is 9.90. The van der Waals surface area contributed by atoms with E-state index in [4.69, 9.17) is 21.1 Å². The van der Waals surface area contributed by atoms with Crippen LogP contribution in [0.5, 0.6) is 11.5 Å². The summed E-state index contributed by atoms with van der Waals surface area (Å²) in [5.74, 6) is 0.959. The highest BCUT2D eigenvalue weighted by Crippen LogP contribution is 2.34. The monoisotopic (exact) mass is 503 g/mol. The summed E-state index contributed by atoms with van der Waals surface area (Å²) >= 11 is 5.65. The number of hydrogen-bond acceptors (Lipinski definition) is 7. The van der Waals surface area contributed by atoms with Crippen LogP contribution in [-0.4, -0.2) is 49.4 Å². The predicted octanol–water partition coefficient (Wildman–Crippen LogP) is 5.12. The largest absolute Gasteiger partial charge is 0.493 e. The van der Waals surface area contributed by atoms with Gasteiger partial charge in [0.2, 0.25) is 0 Å². The number of anilines is 2. The molecule has 0 bridgehead atoms.